The molecular weight excluding hydrogens is 547 g/mol. The number of nitrogens with zero attached hydrogens (tertiary/aromatic N) is 1. The fourth-order valence-electron chi connectivity index (χ4n) is 4.51. The number of anilines is 1. The molecule has 3 rings (SSSR count). The van der Waals surface area contributed by atoms with Crippen molar-refractivity contribution in [3.63, 3.8) is 0 Å². The number of ether oxygens (including phenoxy) is 1. The average Bonchev–Trinajstić information content (AvgIpc) is 3.00. The lowest BCUT2D eigenvalue weighted by molar-refractivity contribution is 0.0411. The summed E-state index contributed by atoms with van der Waals surface area (Å²) in [7, 11) is -2.52. The molecule has 0 aliphatic carbocycles. The van der Waals surface area contributed by atoms with Crippen LogP contribution in [0.4, 0.5) is 14.5 Å². The Balaban J connectivity index is 1.69. The van der Waals surface area contributed by atoms with Crippen LogP contribution in [0.25, 0.3) is 11.1 Å². The molecule has 222 valence electrons. The Morgan fingerprint density at radius 1 is 0.854 bits per heavy atom. The Labute approximate surface area is 242 Å². The zero-order valence-corrected chi connectivity index (χ0v) is 25.2. The van der Waals surface area contributed by atoms with Gasteiger partial charge < -0.3 is 18.7 Å². The SMILES string of the molecule is CCCCCCCCOc1ccc(-c2ccc(C(=O)N(C)c3ccccc3C(F)(F)P(=O)(OC)OCC)cc2)cc1. The molecule has 0 aliphatic rings. The third-order valence-electron chi connectivity index (χ3n) is 6.86. The van der Waals surface area contributed by atoms with Gasteiger partial charge in [0, 0.05) is 19.7 Å². The van der Waals surface area contributed by atoms with Gasteiger partial charge in [0.2, 0.25) is 0 Å². The van der Waals surface area contributed by atoms with Crippen molar-refractivity contribution in [1.29, 1.82) is 0 Å². The Morgan fingerprint density at radius 3 is 2.05 bits per heavy atom. The van der Waals surface area contributed by atoms with Gasteiger partial charge in [-0.25, -0.2) is 0 Å². The number of hydrogen-bond acceptors (Lipinski definition) is 5. The first-order valence-electron chi connectivity index (χ1n) is 14.1. The Morgan fingerprint density at radius 2 is 1.44 bits per heavy atom. The maximum atomic E-state index is 15.4. The van der Waals surface area contributed by atoms with Gasteiger partial charge in [-0.05, 0) is 54.8 Å². The first kappa shape index (κ1) is 32.5. The van der Waals surface area contributed by atoms with Crippen LogP contribution in [0.2, 0.25) is 0 Å². The molecule has 0 N–H and O–H groups in total. The van der Waals surface area contributed by atoms with E-state index < -0.39 is 24.7 Å². The Hall–Kier alpha value is -3.06. The van der Waals surface area contributed by atoms with Gasteiger partial charge in [-0.1, -0.05) is 81.5 Å². The Kier molecular flexibility index (Phi) is 12.1. The van der Waals surface area contributed by atoms with E-state index >= 15 is 8.78 Å². The standard InChI is InChI=1S/C32H40F2NO5P/c1-5-7-8-9-10-13-24-39-28-22-20-26(21-23-28)25-16-18-27(19-17-25)31(36)35(3)30-15-12-11-14-29(30)32(33,34)41(37,38-4)40-6-2/h11-12,14-23H,5-10,13,24H2,1-4H3. The van der Waals surface area contributed by atoms with Gasteiger partial charge in [0.15, 0.2) is 0 Å². The van der Waals surface area contributed by atoms with E-state index in [1.165, 1.54) is 64.3 Å². The van der Waals surface area contributed by atoms with Crippen molar-refractivity contribution in [2.45, 2.75) is 58.0 Å². The lowest BCUT2D eigenvalue weighted by atomic mass is 10.0. The van der Waals surface area contributed by atoms with Crippen LogP contribution in [0.1, 0.15) is 68.3 Å². The summed E-state index contributed by atoms with van der Waals surface area (Å²) in [4.78, 5) is 14.4. The number of para-hydroxylation sites is 1. The van der Waals surface area contributed by atoms with Crippen LogP contribution in [0, 0.1) is 0 Å². The predicted octanol–water partition coefficient (Wildman–Crippen LogP) is 9.29. The lowest BCUT2D eigenvalue weighted by Gasteiger charge is -2.29. The first-order chi connectivity index (χ1) is 19.7. The normalized spacial score (nSPS) is 13.0. The van der Waals surface area contributed by atoms with Gasteiger partial charge in [0.1, 0.15) is 5.75 Å². The molecule has 0 saturated heterocycles. The van der Waals surface area contributed by atoms with Crippen LogP contribution in [0.5, 0.6) is 5.75 Å². The maximum absolute atomic E-state index is 15.4. The molecule has 0 aliphatic heterocycles. The highest BCUT2D eigenvalue weighted by atomic mass is 31.2. The van der Waals surface area contributed by atoms with E-state index in [0.717, 1.165) is 41.4 Å². The molecule has 0 heterocycles. The molecule has 3 aromatic carbocycles. The lowest BCUT2D eigenvalue weighted by Crippen LogP contribution is -2.29. The highest BCUT2D eigenvalue weighted by molar-refractivity contribution is 7.54. The van der Waals surface area contributed by atoms with Crippen molar-refractivity contribution in [3.8, 4) is 16.9 Å². The van der Waals surface area contributed by atoms with E-state index in [-0.39, 0.29) is 12.3 Å². The third kappa shape index (κ3) is 8.03. The van der Waals surface area contributed by atoms with Gasteiger partial charge in [-0.15, -0.1) is 0 Å². The van der Waals surface area contributed by atoms with E-state index in [2.05, 4.69) is 11.4 Å². The molecule has 1 unspecified atom stereocenters. The van der Waals surface area contributed by atoms with E-state index in [0.29, 0.717) is 12.2 Å². The minimum Gasteiger partial charge on any atom is -0.494 e. The molecule has 0 saturated carbocycles. The zero-order chi connectivity index (χ0) is 29.9. The van der Waals surface area contributed by atoms with E-state index in [9.17, 15) is 9.36 Å². The van der Waals surface area contributed by atoms with Crippen molar-refractivity contribution in [2.75, 3.05) is 32.3 Å². The van der Waals surface area contributed by atoms with E-state index in [1.807, 2.05) is 36.4 Å². The molecule has 41 heavy (non-hydrogen) atoms. The van der Waals surface area contributed by atoms with Gasteiger partial charge in [-0.3, -0.25) is 9.36 Å². The fraction of sp³-hybridized carbons (Fsp3) is 0.406. The number of hydrogen-bond donors (Lipinski definition) is 0. The number of amides is 1. The number of carbonyl (C=O) groups is 1. The second-order valence-electron chi connectivity index (χ2n) is 9.74. The fourth-order valence-corrected chi connectivity index (χ4v) is 5.83. The minimum atomic E-state index is -4.83. The van der Waals surface area contributed by atoms with E-state index in [1.54, 1.807) is 12.1 Å². The molecule has 0 spiro atoms. The highest BCUT2D eigenvalue weighted by Crippen LogP contribution is 2.67. The topological polar surface area (TPSA) is 65.1 Å². The summed E-state index contributed by atoms with van der Waals surface area (Å²) in [6.07, 6.45) is 7.26. The van der Waals surface area contributed by atoms with Crippen molar-refractivity contribution >= 4 is 19.2 Å². The number of benzene rings is 3. The second-order valence-corrected chi connectivity index (χ2v) is 11.9. The van der Waals surface area contributed by atoms with Crippen LogP contribution in [0.15, 0.2) is 72.8 Å². The molecule has 1 amide bonds. The minimum absolute atomic E-state index is 0.0971. The number of unbranched alkanes of at least 4 members (excludes halogenated alkanes) is 5. The molecule has 0 fully saturated rings. The largest absolute Gasteiger partial charge is 0.494 e. The molecule has 9 heteroatoms. The molecule has 0 bridgehead atoms. The van der Waals surface area contributed by atoms with Crippen LogP contribution in [-0.2, 0) is 19.3 Å². The first-order valence-corrected chi connectivity index (χ1v) is 15.6. The van der Waals surface area contributed by atoms with Crippen LogP contribution >= 0.6 is 7.60 Å². The maximum Gasteiger partial charge on any atom is 0.404 e. The summed E-state index contributed by atoms with van der Waals surface area (Å²) in [6.45, 7) is 4.13. The van der Waals surface area contributed by atoms with Crippen molar-refractivity contribution in [3.05, 3.63) is 83.9 Å². The number of alkyl halides is 2. The van der Waals surface area contributed by atoms with Crippen molar-refractivity contribution < 1.29 is 31.9 Å². The predicted molar refractivity (Wildman–Crippen MR) is 160 cm³/mol. The van der Waals surface area contributed by atoms with Crippen LogP contribution in [0.3, 0.4) is 0 Å². The summed E-state index contributed by atoms with van der Waals surface area (Å²) in [5, 5.41) is 0. The molecule has 1 atom stereocenters. The van der Waals surface area contributed by atoms with Gasteiger partial charge in [0.05, 0.1) is 24.5 Å². The zero-order valence-electron chi connectivity index (χ0n) is 24.3. The third-order valence-corrected chi connectivity index (χ3v) is 8.87. The van der Waals surface area contributed by atoms with E-state index in [4.69, 9.17) is 9.26 Å². The number of halogens is 2. The van der Waals surface area contributed by atoms with Crippen LogP contribution in [-0.4, -0.2) is 33.3 Å². The van der Waals surface area contributed by atoms with Gasteiger partial charge in [-0.2, -0.15) is 8.78 Å². The molecule has 0 aromatic heterocycles. The average molecular weight is 588 g/mol. The quantitative estimate of drug-likeness (QED) is 0.123. The molecular formula is C32H40F2NO5P. The summed E-state index contributed by atoms with van der Waals surface area (Å²) >= 11 is 0. The number of carbonyl (C=O) groups excluding carboxylic acids is 1. The van der Waals surface area contributed by atoms with Crippen LogP contribution < -0.4 is 9.64 Å². The molecule has 3 aromatic rings. The molecule has 0 radical (unpaired) electrons. The monoisotopic (exact) mass is 587 g/mol. The summed E-state index contributed by atoms with van der Waals surface area (Å²) in [5.41, 5.74) is -2.52. The summed E-state index contributed by atoms with van der Waals surface area (Å²) in [5.74, 6) is 0.315. The second kappa shape index (κ2) is 15.2. The van der Waals surface area contributed by atoms with Crippen molar-refractivity contribution in [1.82, 2.24) is 0 Å². The van der Waals surface area contributed by atoms with Gasteiger partial charge >= 0.3 is 13.3 Å². The smallest absolute Gasteiger partial charge is 0.404 e. The van der Waals surface area contributed by atoms with Crippen molar-refractivity contribution in [2.24, 2.45) is 0 Å². The number of rotatable bonds is 16. The Bertz CT molecular complexity index is 1300. The summed E-state index contributed by atoms with van der Waals surface area (Å²) < 4.78 is 59.0. The summed E-state index contributed by atoms with van der Waals surface area (Å²) in [6, 6.07) is 20.1. The molecule has 6 nitrogen and oxygen atoms in total. The highest BCUT2D eigenvalue weighted by Gasteiger charge is 2.55. The van der Waals surface area contributed by atoms with Gasteiger partial charge in [0.25, 0.3) is 5.91 Å².